The van der Waals surface area contributed by atoms with Crippen LogP contribution in [0.3, 0.4) is 0 Å². The third-order valence-electron chi connectivity index (χ3n) is 2.70. The van der Waals surface area contributed by atoms with Gasteiger partial charge in [-0.3, -0.25) is 0 Å². The molecule has 0 saturated heterocycles. The average molecular weight is 281 g/mol. The van der Waals surface area contributed by atoms with E-state index in [-0.39, 0.29) is 5.69 Å². The molecule has 19 heavy (non-hydrogen) atoms. The van der Waals surface area contributed by atoms with Gasteiger partial charge in [0, 0.05) is 11.4 Å². The highest BCUT2D eigenvalue weighted by Gasteiger charge is 2.18. The summed E-state index contributed by atoms with van der Waals surface area (Å²) in [6.45, 7) is 0.700. The first-order valence-electron chi connectivity index (χ1n) is 5.72. The van der Waals surface area contributed by atoms with E-state index in [4.69, 9.17) is 22.4 Å². The number of nitrogens with zero attached hydrogens (tertiary/aromatic N) is 3. The number of aromatic carboxylic acids is 1. The molecule has 7 heteroatoms. The molecule has 0 bridgehead atoms. The number of hydrogen-bond donors (Lipinski definition) is 2. The molecule has 1 aromatic heterocycles. The maximum absolute atomic E-state index is 11.0. The molecule has 0 aliphatic heterocycles. The van der Waals surface area contributed by atoms with Gasteiger partial charge in [0.1, 0.15) is 0 Å². The maximum Gasteiger partial charge on any atom is 0.358 e. The lowest BCUT2D eigenvalue weighted by molar-refractivity contribution is 0.0689. The van der Waals surface area contributed by atoms with E-state index in [2.05, 4.69) is 10.3 Å². The summed E-state index contributed by atoms with van der Waals surface area (Å²) in [5.74, 6) is -1.10. The molecule has 0 spiro atoms. The van der Waals surface area contributed by atoms with Gasteiger partial charge < -0.3 is 10.8 Å². The van der Waals surface area contributed by atoms with Crippen LogP contribution in [0.2, 0.25) is 5.02 Å². The summed E-state index contributed by atoms with van der Waals surface area (Å²) in [5, 5.41) is 17.2. The Morgan fingerprint density at radius 3 is 2.79 bits per heavy atom. The van der Waals surface area contributed by atoms with E-state index in [0.717, 1.165) is 5.56 Å². The molecular weight excluding hydrogens is 268 g/mol. The fourth-order valence-corrected chi connectivity index (χ4v) is 1.99. The summed E-state index contributed by atoms with van der Waals surface area (Å²) in [4.78, 5) is 11.0. The Morgan fingerprint density at radius 2 is 2.16 bits per heavy atom. The van der Waals surface area contributed by atoms with Gasteiger partial charge in [-0.05, 0) is 18.2 Å². The lowest BCUT2D eigenvalue weighted by atomic mass is 10.2. The monoisotopic (exact) mass is 280 g/mol. The second kappa shape index (κ2) is 5.81. The molecule has 2 rings (SSSR count). The van der Waals surface area contributed by atoms with Crippen molar-refractivity contribution in [3.8, 4) is 0 Å². The fourth-order valence-electron chi connectivity index (χ4n) is 1.80. The minimum atomic E-state index is -1.10. The van der Waals surface area contributed by atoms with Crippen molar-refractivity contribution in [3.05, 3.63) is 46.2 Å². The van der Waals surface area contributed by atoms with Gasteiger partial charge in [-0.2, -0.15) is 0 Å². The normalized spacial score (nSPS) is 10.6. The Morgan fingerprint density at radius 1 is 1.42 bits per heavy atom. The van der Waals surface area contributed by atoms with Crippen molar-refractivity contribution in [1.82, 2.24) is 15.0 Å². The number of carboxylic acid groups (broad SMARTS) is 1. The molecule has 1 aromatic carbocycles. The van der Waals surface area contributed by atoms with Crippen LogP contribution < -0.4 is 5.73 Å². The molecule has 6 nitrogen and oxygen atoms in total. The Kier molecular flexibility index (Phi) is 4.13. The topological polar surface area (TPSA) is 94.0 Å². The predicted octanol–water partition coefficient (Wildman–Crippen LogP) is 1.18. The molecule has 2 aromatic rings. The summed E-state index contributed by atoms with van der Waals surface area (Å²) in [5.41, 5.74) is 6.80. The average Bonchev–Trinajstić information content (AvgIpc) is 2.76. The second-order valence-corrected chi connectivity index (χ2v) is 4.38. The molecular formula is C12H13ClN4O2. The molecule has 100 valence electrons. The van der Waals surface area contributed by atoms with Crippen molar-refractivity contribution in [2.24, 2.45) is 5.73 Å². The third-order valence-corrected chi connectivity index (χ3v) is 3.07. The number of rotatable bonds is 5. The van der Waals surface area contributed by atoms with E-state index in [1.807, 2.05) is 18.2 Å². The van der Waals surface area contributed by atoms with Gasteiger partial charge in [0.25, 0.3) is 0 Å². The number of aromatic nitrogens is 3. The van der Waals surface area contributed by atoms with Crippen LogP contribution in [0, 0.1) is 0 Å². The highest BCUT2D eigenvalue weighted by Crippen LogP contribution is 2.17. The van der Waals surface area contributed by atoms with E-state index in [1.54, 1.807) is 6.07 Å². The zero-order chi connectivity index (χ0) is 13.8. The van der Waals surface area contributed by atoms with E-state index in [1.165, 1.54) is 4.68 Å². The van der Waals surface area contributed by atoms with Crippen molar-refractivity contribution in [1.29, 1.82) is 0 Å². The van der Waals surface area contributed by atoms with Crippen LogP contribution in [-0.2, 0) is 13.0 Å². The molecule has 0 unspecified atom stereocenters. The number of benzene rings is 1. The van der Waals surface area contributed by atoms with Crippen molar-refractivity contribution in [2.45, 2.75) is 13.0 Å². The first kappa shape index (κ1) is 13.5. The summed E-state index contributed by atoms with van der Waals surface area (Å²) in [6.07, 6.45) is 0.402. The number of hydrogen-bond acceptors (Lipinski definition) is 4. The zero-order valence-corrected chi connectivity index (χ0v) is 10.8. The number of nitrogens with two attached hydrogens (primary N) is 1. The molecule has 0 amide bonds. The number of halogens is 1. The Labute approximate surface area is 114 Å². The minimum absolute atomic E-state index is 0.0579. The van der Waals surface area contributed by atoms with Crippen LogP contribution in [-0.4, -0.2) is 32.6 Å². The smallest absolute Gasteiger partial charge is 0.358 e. The molecule has 0 fully saturated rings. The molecule has 0 aliphatic rings. The Balaban J connectivity index is 2.35. The number of carbonyl (C=O) groups is 1. The van der Waals surface area contributed by atoms with Crippen LogP contribution >= 0.6 is 11.6 Å². The lowest BCUT2D eigenvalue weighted by Gasteiger charge is -2.07. The van der Waals surface area contributed by atoms with Gasteiger partial charge in [-0.25, -0.2) is 9.48 Å². The predicted molar refractivity (Wildman–Crippen MR) is 70.3 cm³/mol. The zero-order valence-electron chi connectivity index (χ0n) is 10.1. The van der Waals surface area contributed by atoms with Gasteiger partial charge in [0.2, 0.25) is 0 Å². The largest absolute Gasteiger partial charge is 0.476 e. The SMILES string of the molecule is NCCc1c(C(=O)O)nnn1Cc1ccccc1Cl. The van der Waals surface area contributed by atoms with Crippen molar-refractivity contribution < 1.29 is 9.90 Å². The van der Waals surface area contributed by atoms with Gasteiger partial charge in [0.05, 0.1) is 12.2 Å². The highest BCUT2D eigenvalue weighted by molar-refractivity contribution is 6.31. The molecule has 0 atom stereocenters. The fraction of sp³-hybridized carbons (Fsp3) is 0.250. The van der Waals surface area contributed by atoms with Gasteiger partial charge >= 0.3 is 5.97 Å². The lowest BCUT2D eigenvalue weighted by Crippen LogP contribution is -2.14. The first-order valence-corrected chi connectivity index (χ1v) is 6.10. The number of carboxylic acids is 1. The third kappa shape index (κ3) is 2.91. The first-order chi connectivity index (χ1) is 9.13. The van der Waals surface area contributed by atoms with Crippen LogP contribution in [0.4, 0.5) is 0 Å². The Hall–Kier alpha value is -1.92. The summed E-state index contributed by atoms with van der Waals surface area (Å²) in [6, 6.07) is 7.32. The van der Waals surface area contributed by atoms with E-state index >= 15 is 0 Å². The molecule has 0 radical (unpaired) electrons. The molecule has 0 saturated carbocycles. The molecule has 0 aliphatic carbocycles. The second-order valence-electron chi connectivity index (χ2n) is 3.98. The van der Waals surface area contributed by atoms with Gasteiger partial charge in [0.15, 0.2) is 5.69 Å². The van der Waals surface area contributed by atoms with Crippen molar-refractivity contribution in [2.75, 3.05) is 6.54 Å². The highest BCUT2D eigenvalue weighted by atomic mass is 35.5. The molecule has 1 heterocycles. The minimum Gasteiger partial charge on any atom is -0.476 e. The standard InChI is InChI=1S/C12H13ClN4O2/c13-9-4-2-1-3-8(9)7-17-10(5-6-14)11(12(18)19)15-16-17/h1-4H,5-7,14H2,(H,18,19). The van der Waals surface area contributed by atoms with E-state index in [9.17, 15) is 4.79 Å². The van der Waals surface area contributed by atoms with E-state index in [0.29, 0.717) is 30.2 Å². The maximum atomic E-state index is 11.0. The van der Waals surface area contributed by atoms with Gasteiger partial charge in [-0.15, -0.1) is 5.10 Å². The van der Waals surface area contributed by atoms with Crippen molar-refractivity contribution >= 4 is 17.6 Å². The summed E-state index contributed by atoms with van der Waals surface area (Å²) in [7, 11) is 0. The molecule has 3 N–H and O–H groups in total. The van der Waals surface area contributed by atoms with Gasteiger partial charge in [-0.1, -0.05) is 35.0 Å². The van der Waals surface area contributed by atoms with Crippen LogP contribution in [0.15, 0.2) is 24.3 Å². The van der Waals surface area contributed by atoms with Crippen LogP contribution in [0.25, 0.3) is 0 Å². The quantitative estimate of drug-likeness (QED) is 0.858. The van der Waals surface area contributed by atoms with E-state index < -0.39 is 5.97 Å². The summed E-state index contributed by atoms with van der Waals surface area (Å²) >= 11 is 6.07. The van der Waals surface area contributed by atoms with Crippen LogP contribution in [0.5, 0.6) is 0 Å². The Bertz CT molecular complexity index is 597. The van der Waals surface area contributed by atoms with Crippen molar-refractivity contribution in [3.63, 3.8) is 0 Å². The van der Waals surface area contributed by atoms with Crippen LogP contribution in [0.1, 0.15) is 21.7 Å². The summed E-state index contributed by atoms with van der Waals surface area (Å²) < 4.78 is 1.53.